The van der Waals surface area contributed by atoms with E-state index in [0.29, 0.717) is 43.6 Å². The van der Waals surface area contributed by atoms with E-state index < -0.39 is 0 Å². The van der Waals surface area contributed by atoms with Crippen LogP contribution in [0.2, 0.25) is 0 Å². The predicted octanol–water partition coefficient (Wildman–Crippen LogP) is 5.74. The standard InChI is InChI=1S/C27H29FN6O2S/c1-4-29-27-33-24(18-13-17(2)14-20(15-18)35-3)25(37-27)22-7-8-30-26(32-22)31-19-5-6-23(21(28)16-19)34-9-11-36-12-10-34/h5-8,13-16H,4,9-12H2,1-3H3,(H,29,33)(H,30,31,32). The summed E-state index contributed by atoms with van der Waals surface area (Å²) >= 11 is 1.53. The molecule has 0 bridgehead atoms. The van der Waals surface area contributed by atoms with Gasteiger partial charge < -0.3 is 25.0 Å². The summed E-state index contributed by atoms with van der Waals surface area (Å²) in [4.78, 5) is 16.9. The number of nitrogens with zero attached hydrogens (tertiary/aromatic N) is 4. The predicted molar refractivity (Wildman–Crippen MR) is 147 cm³/mol. The summed E-state index contributed by atoms with van der Waals surface area (Å²) in [5.41, 5.74) is 4.70. The second-order valence-electron chi connectivity index (χ2n) is 8.62. The maximum Gasteiger partial charge on any atom is 0.227 e. The summed E-state index contributed by atoms with van der Waals surface area (Å²) in [6.45, 7) is 7.37. The second kappa shape index (κ2) is 11.1. The third kappa shape index (κ3) is 5.65. The number of rotatable bonds is 8. The van der Waals surface area contributed by atoms with Gasteiger partial charge in [0.05, 0.1) is 42.3 Å². The van der Waals surface area contributed by atoms with Gasteiger partial charge in [0.2, 0.25) is 5.95 Å². The Morgan fingerprint density at radius 3 is 2.70 bits per heavy atom. The first kappa shape index (κ1) is 24.9. The molecule has 1 aliphatic heterocycles. The highest BCUT2D eigenvalue weighted by Crippen LogP contribution is 2.40. The molecule has 0 aliphatic carbocycles. The SMILES string of the molecule is CCNc1nc(-c2cc(C)cc(OC)c2)c(-c2ccnc(Nc3ccc(N4CCOCC4)c(F)c3)n2)s1. The Morgan fingerprint density at radius 2 is 1.95 bits per heavy atom. The van der Waals surface area contributed by atoms with Gasteiger partial charge in [0.15, 0.2) is 5.13 Å². The highest BCUT2D eigenvalue weighted by atomic mass is 32.1. The normalized spacial score (nSPS) is 13.5. The summed E-state index contributed by atoms with van der Waals surface area (Å²) < 4.78 is 25.8. The molecule has 2 aromatic heterocycles. The zero-order chi connectivity index (χ0) is 25.8. The largest absolute Gasteiger partial charge is 0.497 e. The average Bonchev–Trinajstić information content (AvgIpc) is 3.33. The van der Waals surface area contributed by atoms with Crippen molar-refractivity contribution in [3.8, 4) is 27.6 Å². The molecule has 37 heavy (non-hydrogen) atoms. The second-order valence-corrected chi connectivity index (χ2v) is 9.62. The molecule has 5 rings (SSSR count). The van der Waals surface area contributed by atoms with E-state index >= 15 is 0 Å². The van der Waals surface area contributed by atoms with E-state index in [-0.39, 0.29) is 5.82 Å². The number of benzene rings is 2. The number of anilines is 4. The Kier molecular flexibility index (Phi) is 7.47. The number of ether oxygens (including phenoxy) is 2. The molecule has 0 radical (unpaired) electrons. The smallest absolute Gasteiger partial charge is 0.227 e. The molecule has 3 heterocycles. The first-order valence-electron chi connectivity index (χ1n) is 12.2. The van der Waals surface area contributed by atoms with Crippen molar-refractivity contribution in [2.75, 3.05) is 55.5 Å². The van der Waals surface area contributed by atoms with Crippen LogP contribution in [-0.4, -0.2) is 54.9 Å². The quantitative estimate of drug-likeness (QED) is 0.305. The number of thiazole rings is 1. The first-order chi connectivity index (χ1) is 18.0. The number of hydrogen-bond acceptors (Lipinski definition) is 9. The van der Waals surface area contributed by atoms with E-state index in [1.54, 1.807) is 19.4 Å². The molecule has 0 saturated carbocycles. The van der Waals surface area contributed by atoms with Crippen molar-refractivity contribution in [1.82, 2.24) is 15.0 Å². The first-order valence-corrected chi connectivity index (χ1v) is 13.0. The van der Waals surface area contributed by atoms with Crippen LogP contribution >= 0.6 is 11.3 Å². The number of aromatic nitrogens is 3. The van der Waals surface area contributed by atoms with Crippen LogP contribution in [0.3, 0.4) is 0 Å². The fourth-order valence-electron chi connectivity index (χ4n) is 4.24. The van der Waals surface area contributed by atoms with Crippen LogP contribution in [-0.2, 0) is 4.74 Å². The van der Waals surface area contributed by atoms with Crippen molar-refractivity contribution < 1.29 is 13.9 Å². The van der Waals surface area contributed by atoms with Crippen molar-refractivity contribution in [2.24, 2.45) is 0 Å². The monoisotopic (exact) mass is 520 g/mol. The van der Waals surface area contributed by atoms with Crippen LogP contribution in [0.5, 0.6) is 5.75 Å². The maximum atomic E-state index is 14.9. The van der Waals surface area contributed by atoms with Crippen molar-refractivity contribution in [1.29, 1.82) is 0 Å². The van der Waals surface area contributed by atoms with Crippen LogP contribution in [0, 0.1) is 12.7 Å². The Labute approximate surface area is 219 Å². The van der Waals surface area contributed by atoms with Gasteiger partial charge in [-0.05, 0) is 61.9 Å². The molecule has 0 amide bonds. The molecule has 0 spiro atoms. The number of aryl methyl sites for hydroxylation is 1. The molecular formula is C27H29FN6O2S. The fourth-order valence-corrected chi connectivity index (χ4v) is 5.26. The molecular weight excluding hydrogens is 491 g/mol. The highest BCUT2D eigenvalue weighted by molar-refractivity contribution is 7.19. The number of hydrogen-bond donors (Lipinski definition) is 2. The molecule has 192 valence electrons. The van der Waals surface area contributed by atoms with E-state index in [9.17, 15) is 4.39 Å². The van der Waals surface area contributed by atoms with Gasteiger partial charge >= 0.3 is 0 Å². The Hall–Kier alpha value is -3.76. The van der Waals surface area contributed by atoms with Gasteiger partial charge in [0.1, 0.15) is 11.6 Å². The molecule has 10 heteroatoms. The molecule has 8 nitrogen and oxygen atoms in total. The van der Waals surface area contributed by atoms with E-state index in [2.05, 4.69) is 21.7 Å². The van der Waals surface area contributed by atoms with Crippen LogP contribution in [0.1, 0.15) is 12.5 Å². The molecule has 1 fully saturated rings. The van der Waals surface area contributed by atoms with E-state index in [1.165, 1.54) is 17.4 Å². The fraction of sp³-hybridized carbons (Fsp3) is 0.296. The number of morpholine rings is 1. The number of halogens is 1. The summed E-state index contributed by atoms with van der Waals surface area (Å²) in [7, 11) is 1.66. The minimum absolute atomic E-state index is 0.295. The van der Waals surface area contributed by atoms with Gasteiger partial charge in [-0.25, -0.2) is 19.3 Å². The molecule has 2 N–H and O–H groups in total. The molecule has 1 aliphatic rings. The Bertz CT molecular complexity index is 1390. The zero-order valence-corrected chi connectivity index (χ0v) is 21.9. The van der Waals surface area contributed by atoms with Crippen molar-refractivity contribution >= 4 is 33.8 Å². The van der Waals surface area contributed by atoms with Crippen molar-refractivity contribution in [3.63, 3.8) is 0 Å². The minimum atomic E-state index is -0.295. The van der Waals surface area contributed by atoms with Gasteiger partial charge in [-0.3, -0.25) is 0 Å². The Morgan fingerprint density at radius 1 is 1.11 bits per heavy atom. The van der Waals surface area contributed by atoms with Crippen LogP contribution in [0.25, 0.3) is 21.8 Å². The summed E-state index contributed by atoms with van der Waals surface area (Å²) in [5, 5.41) is 7.26. The maximum absolute atomic E-state index is 14.9. The summed E-state index contributed by atoms with van der Waals surface area (Å²) in [6, 6.07) is 13.0. The van der Waals surface area contributed by atoms with E-state index in [0.717, 1.165) is 44.8 Å². The topological polar surface area (TPSA) is 84.4 Å². The molecule has 1 saturated heterocycles. The van der Waals surface area contributed by atoms with Gasteiger partial charge in [0, 0.05) is 37.1 Å². The third-order valence-electron chi connectivity index (χ3n) is 5.96. The summed E-state index contributed by atoms with van der Waals surface area (Å²) in [5.74, 6) is 0.852. The van der Waals surface area contributed by atoms with Crippen LogP contribution < -0.4 is 20.3 Å². The van der Waals surface area contributed by atoms with E-state index in [4.69, 9.17) is 19.4 Å². The van der Waals surface area contributed by atoms with Crippen molar-refractivity contribution in [2.45, 2.75) is 13.8 Å². The van der Waals surface area contributed by atoms with Gasteiger partial charge in [0.25, 0.3) is 0 Å². The van der Waals surface area contributed by atoms with Gasteiger partial charge in [-0.2, -0.15) is 0 Å². The summed E-state index contributed by atoms with van der Waals surface area (Å²) in [6.07, 6.45) is 1.69. The van der Waals surface area contributed by atoms with Crippen LogP contribution in [0.15, 0.2) is 48.7 Å². The lowest BCUT2D eigenvalue weighted by Crippen LogP contribution is -2.36. The molecule has 0 unspecified atom stereocenters. The molecule has 0 atom stereocenters. The van der Waals surface area contributed by atoms with Gasteiger partial charge in [-0.1, -0.05) is 11.3 Å². The van der Waals surface area contributed by atoms with Crippen LogP contribution in [0.4, 0.5) is 26.8 Å². The lowest BCUT2D eigenvalue weighted by molar-refractivity contribution is 0.122. The zero-order valence-electron chi connectivity index (χ0n) is 21.0. The number of methoxy groups -OCH3 is 1. The Balaban J connectivity index is 1.45. The minimum Gasteiger partial charge on any atom is -0.497 e. The lowest BCUT2D eigenvalue weighted by Gasteiger charge is -2.29. The third-order valence-corrected chi connectivity index (χ3v) is 6.99. The van der Waals surface area contributed by atoms with E-state index in [1.807, 2.05) is 43.0 Å². The molecule has 2 aromatic carbocycles. The lowest BCUT2D eigenvalue weighted by atomic mass is 10.1. The van der Waals surface area contributed by atoms with Gasteiger partial charge in [-0.15, -0.1) is 0 Å². The molecule has 4 aromatic rings. The highest BCUT2D eigenvalue weighted by Gasteiger charge is 2.19. The average molecular weight is 521 g/mol. The van der Waals surface area contributed by atoms with Crippen molar-refractivity contribution in [3.05, 3.63) is 60.0 Å². The number of nitrogens with one attached hydrogen (secondary N) is 2.